The maximum Gasteiger partial charge on any atom is 0.338 e. The van der Waals surface area contributed by atoms with Gasteiger partial charge < -0.3 is 15.0 Å². The van der Waals surface area contributed by atoms with Crippen LogP contribution in [0.2, 0.25) is 0 Å². The van der Waals surface area contributed by atoms with Gasteiger partial charge in [0.1, 0.15) is 5.60 Å². The molecule has 0 fully saturated rings. The smallest absolute Gasteiger partial charge is 0.338 e. The highest BCUT2D eigenvalue weighted by molar-refractivity contribution is 5.91. The van der Waals surface area contributed by atoms with Crippen LogP contribution in [0.5, 0.6) is 0 Å². The molecule has 0 saturated carbocycles. The van der Waals surface area contributed by atoms with E-state index in [4.69, 9.17) is 4.74 Å². The Morgan fingerprint density at radius 2 is 2.05 bits per heavy atom. The molecular weight excluding hydrogens is 278 g/mol. The van der Waals surface area contributed by atoms with Crippen LogP contribution in [-0.2, 0) is 11.3 Å². The van der Waals surface area contributed by atoms with E-state index < -0.39 is 5.60 Å². The van der Waals surface area contributed by atoms with Crippen LogP contribution in [0.15, 0.2) is 24.5 Å². The first-order valence-corrected chi connectivity index (χ1v) is 7.33. The Morgan fingerprint density at radius 3 is 2.64 bits per heavy atom. The third kappa shape index (κ3) is 4.10. The second-order valence-electron chi connectivity index (χ2n) is 6.36. The van der Waals surface area contributed by atoms with Crippen molar-refractivity contribution in [3.8, 4) is 0 Å². The number of carbonyl (C=O) groups excluding carboxylic acids is 1. The summed E-state index contributed by atoms with van der Waals surface area (Å²) in [4.78, 5) is 19.4. The van der Waals surface area contributed by atoms with Crippen molar-refractivity contribution in [3.05, 3.63) is 47.0 Å². The monoisotopic (exact) mass is 301 g/mol. The van der Waals surface area contributed by atoms with Crippen LogP contribution in [0.25, 0.3) is 0 Å². The second kappa shape index (κ2) is 6.22. The Balaban J connectivity index is 2.13. The lowest BCUT2D eigenvalue weighted by atomic mass is 10.1. The summed E-state index contributed by atoms with van der Waals surface area (Å²) in [6.07, 6.45) is 1.68. The van der Waals surface area contributed by atoms with Gasteiger partial charge in [-0.3, -0.25) is 0 Å². The molecule has 1 heterocycles. The lowest BCUT2D eigenvalue weighted by Gasteiger charge is -2.20. The molecule has 0 unspecified atom stereocenters. The maximum atomic E-state index is 12.1. The van der Waals surface area contributed by atoms with E-state index in [9.17, 15) is 4.79 Å². The molecule has 0 aliphatic rings. The summed E-state index contributed by atoms with van der Waals surface area (Å²) in [5.74, 6) is -0.313. The predicted octanol–water partition coefficient (Wildman–Crippen LogP) is 3.59. The fourth-order valence-corrected chi connectivity index (χ4v) is 2.02. The van der Waals surface area contributed by atoms with E-state index in [1.54, 1.807) is 12.4 Å². The molecule has 22 heavy (non-hydrogen) atoms. The van der Waals surface area contributed by atoms with Crippen molar-refractivity contribution in [1.82, 2.24) is 9.97 Å². The Morgan fingerprint density at radius 1 is 1.32 bits per heavy atom. The average molecular weight is 301 g/mol. The molecule has 0 aliphatic heterocycles. The van der Waals surface area contributed by atoms with Crippen LogP contribution >= 0.6 is 0 Å². The average Bonchev–Trinajstić information content (AvgIpc) is 2.81. The lowest BCUT2D eigenvalue weighted by Crippen LogP contribution is -2.24. The zero-order chi connectivity index (χ0) is 16.3. The largest absolute Gasteiger partial charge is 0.456 e. The molecule has 2 aromatic rings. The Hall–Kier alpha value is -2.30. The van der Waals surface area contributed by atoms with Crippen LogP contribution in [-0.4, -0.2) is 21.5 Å². The van der Waals surface area contributed by atoms with Gasteiger partial charge in [-0.05, 0) is 52.3 Å². The number of hydrogen-bond acceptors (Lipinski definition) is 4. The van der Waals surface area contributed by atoms with E-state index in [0.717, 1.165) is 22.6 Å². The Labute approximate surface area is 131 Å². The Kier molecular flexibility index (Phi) is 4.54. The van der Waals surface area contributed by atoms with Crippen LogP contribution in [0.1, 0.15) is 48.1 Å². The summed E-state index contributed by atoms with van der Waals surface area (Å²) in [5, 5.41) is 3.32. The molecule has 0 saturated heterocycles. The minimum atomic E-state index is -0.498. The van der Waals surface area contributed by atoms with Crippen LogP contribution in [0, 0.1) is 13.8 Å². The van der Waals surface area contributed by atoms with E-state index in [1.807, 2.05) is 46.8 Å². The topological polar surface area (TPSA) is 67.0 Å². The molecule has 0 radical (unpaired) electrons. The molecule has 118 valence electrons. The number of H-pyrrole nitrogens is 1. The molecule has 2 rings (SSSR count). The van der Waals surface area contributed by atoms with Crippen molar-refractivity contribution in [2.45, 2.75) is 46.8 Å². The SMILES string of the molecule is Cc1ccc(C(=O)OC(C)(C)C)cc1NCc1nc[nH]c1C. The third-order valence-electron chi connectivity index (χ3n) is 3.25. The summed E-state index contributed by atoms with van der Waals surface area (Å²) in [6, 6.07) is 5.53. The van der Waals surface area contributed by atoms with Gasteiger partial charge in [-0.1, -0.05) is 6.07 Å². The lowest BCUT2D eigenvalue weighted by molar-refractivity contribution is 0.00696. The highest BCUT2D eigenvalue weighted by Gasteiger charge is 2.18. The van der Waals surface area contributed by atoms with Gasteiger partial charge in [0, 0.05) is 11.4 Å². The number of imidazole rings is 1. The summed E-state index contributed by atoms with van der Waals surface area (Å²) < 4.78 is 5.40. The number of nitrogens with one attached hydrogen (secondary N) is 2. The van der Waals surface area contributed by atoms with Crippen LogP contribution in [0.3, 0.4) is 0 Å². The quantitative estimate of drug-likeness (QED) is 0.847. The molecule has 1 aromatic heterocycles. The summed E-state index contributed by atoms with van der Waals surface area (Å²) in [5.41, 5.74) is 4.02. The number of carbonyl (C=O) groups is 1. The number of benzene rings is 1. The fourth-order valence-electron chi connectivity index (χ4n) is 2.02. The van der Waals surface area contributed by atoms with Crippen LogP contribution in [0.4, 0.5) is 5.69 Å². The second-order valence-corrected chi connectivity index (χ2v) is 6.36. The molecule has 5 heteroatoms. The number of anilines is 1. The third-order valence-corrected chi connectivity index (χ3v) is 3.25. The van der Waals surface area contributed by atoms with E-state index in [2.05, 4.69) is 15.3 Å². The normalized spacial score (nSPS) is 11.3. The summed E-state index contributed by atoms with van der Waals surface area (Å²) in [6.45, 7) is 10.2. The van der Waals surface area contributed by atoms with Crippen molar-refractivity contribution in [3.63, 3.8) is 0 Å². The minimum absolute atomic E-state index is 0.313. The minimum Gasteiger partial charge on any atom is -0.456 e. The molecule has 0 aliphatic carbocycles. The number of hydrogen-bond donors (Lipinski definition) is 2. The maximum absolute atomic E-state index is 12.1. The number of esters is 1. The van der Waals surface area contributed by atoms with Gasteiger partial charge in [0.2, 0.25) is 0 Å². The first-order valence-electron chi connectivity index (χ1n) is 7.33. The number of aromatic amines is 1. The molecule has 1 aromatic carbocycles. The summed E-state index contributed by atoms with van der Waals surface area (Å²) in [7, 11) is 0. The molecule has 2 N–H and O–H groups in total. The molecule has 0 bridgehead atoms. The number of rotatable bonds is 4. The van der Waals surface area contributed by atoms with Gasteiger partial charge >= 0.3 is 5.97 Å². The molecule has 0 spiro atoms. The van der Waals surface area contributed by atoms with Gasteiger partial charge in [0.25, 0.3) is 0 Å². The van der Waals surface area contributed by atoms with Crippen molar-refractivity contribution in [2.75, 3.05) is 5.32 Å². The van der Waals surface area contributed by atoms with Gasteiger partial charge in [-0.15, -0.1) is 0 Å². The standard InChI is InChI=1S/C17H23N3O2/c1-11-6-7-13(16(21)22-17(3,4)5)8-14(11)18-9-15-12(2)19-10-20-15/h6-8,10,18H,9H2,1-5H3,(H,19,20). The molecule has 0 amide bonds. The predicted molar refractivity (Wildman–Crippen MR) is 87.0 cm³/mol. The zero-order valence-electron chi connectivity index (χ0n) is 13.8. The summed E-state index contributed by atoms with van der Waals surface area (Å²) >= 11 is 0. The van der Waals surface area contributed by atoms with Crippen LogP contribution < -0.4 is 5.32 Å². The molecule has 0 atom stereocenters. The number of aryl methyl sites for hydroxylation is 2. The zero-order valence-corrected chi connectivity index (χ0v) is 13.8. The first kappa shape index (κ1) is 16.1. The van der Waals surface area contributed by atoms with Gasteiger partial charge in [0.15, 0.2) is 0 Å². The Bertz CT molecular complexity index is 669. The van der Waals surface area contributed by atoms with Gasteiger partial charge in [-0.2, -0.15) is 0 Å². The number of ether oxygens (including phenoxy) is 1. The van der Waals surface area contributed by atoms with Gasteiger partial charge in [-0.25, -0.2) is 9.78 Å². The van der Waals surface area contributed by atoms with Crippen molar-refractivity contribution < 1.29 is 9.53 Å². The van der Waals surface area contributed by atoms with E-state index in [0.29, 0.717) is 12.1 Å². The van der Waals surface area contributed by atoms with E-state index in [-0.39, 0.29) is 5.97 Å². The highest BCUT2D eigenvalue weighted by atomic mass is 16.6. The van der Waals surface area contributed by atoms with Gasteiger partial charge in [0.05, 0.1) is 24.1 Å². The van der Waals surface area contributed by atoms with E-state index in [1.165, 1.54) is 0 Å². The molecule has 5 nitrogen and oxygen atoms in total. The van der Waals surface area contributed by atoms with Crippen molar-refractivity contribution >= 4 is 11.7 Å². The van der Waals surface area contributed by atoms with Crippen molar-refractivity contribution in [2.24, 2.45) is 0 Å². The fraction of sp³-hybridized carbons (Fsp3) is 0.412. The number of aromatic nitrogens is 2. The highest BCUT2D eigenvalue weighted by Crippen LogP contribution is 2.20. The first-order chi connectivity index (χ1) is 10.3. The number of nitrogens with zero attached hydrogens (tertiary/aromatic N) is 1. The van der Waals surface area contributed by atoms with E-state index >= 15 is 0 Å². The van der Waals surface area contributed by atoms with Crippen molar-refractivity contribution in [1.29, 1.82) is 0 Å². The molecular formula is C17H23N3O2.